The molecule has 1 amide bonds. The molecular weight excluding hydrogens is 266 g/mol. The van der Waals surface area contributed by atoms with Gasteiger partial charge in [0.15, 0.2) is 0 Å². The van der Waals surface area contributed by atoms with E-state index in [4.69, 9.17) is 20.9 Å². The van der Waals surface area contributed by atoms with Crippen LogP contribution in [0.3, 0.4) is 0 Å². The minimum absolute atomic E-state index is 0.00631. The van der Waals surface area contributed by atoms with E-state index in [0.29, 0.717) is 52.6 Å². The largest absolute Gasteiger partial charge is 0.380 e. The molecule has 0 spiro atoms. The molecule has 114 valence electrons. The summed E-state index contributed by atoms with van der Waals surface area (Å²) in [5.41, 5.74) is 10.7. The maximum absolute atomic E-state index is 11.7. The van der Waals surface area contributed by atoms with Gasteiger partial charge in [0, 0.05) is 26.3 Å². The first-order valence-electron chi connectivity index (χ1n) is 6.70. The van der Waals surface area contributed by atoms with Gasteiger partial charge in [-0.25, -0.2) is 0 Å². The summed E-state index contributed by atoms with van der Waals surface area (Å²) in [5.74, 6) is 0.194. The average Bonchev–Trinajstić information content (AvgIpc) is 2.43. The lowest BCUT2D eigenvalue weighted by Gasteiger charge is -2.22. The Labute approximate surface area is 121 Å². The SMILES string of the molecule is NCCCOCCN(CCOCCCN)C(=O)CS. The third-order valence-corrected chi connectivity index (χ3v) is 2.76. The van der Waals surface area contributed by atoms with E-state index in [0.717, 1.165) is 12.8 Å². The third-order valence-electron chi connectivity index (χ3n) is 2.48. The summed E-state index contributed by atoms with van der Waals surface area (Å²) in [7, 11) is 0. The Bertz CT molecular complexity index is 206. The minimum Gasteiger partial charge on any atom is -0.380 e. The number of ether oxygens (including phenoxy) is 2. The van der Waals surface area contributed by atoms with Crippen LogP contribution in [0, 0.1) is 0 Å². The second kappa shape index (κ2) is 14.1. The van der Waals surface area contributed by atoms with Gasteiger partial charge >= 0.3 is 0 Å². The lowest BCUT2D eigenvalue weighted by Crippen LogP contribution is -2.37. The quantitative estimate of drug-likeness (QED) is 0.314. The Hall–Kier alpha value is -0.340. The van der Waals surface area contributed by atoms with Crippen molar-refractivity contribution in [1.82, 2.24) is 4.90 Å². The van der Waals surface area contributed by atoms with Crippen molar-refractivity contribution in [2.24, 2.45) is 11.5 Å². The molecule has 0 aliphatic rings. The van der Waals surface area contributed by atoms with Crippen molar-refractivity contribution in [2.75, 3.05) is 58.4 Å². The van der Waals surface area contributed by atoms with Gasteiger partial charge in [-0.15, -0.1) is 0 Å². The minimum atomic E-state index is -0.00631. The summed E-state index contributed by atoms with van der Waals surface area (Å²) in [6, 6.07) is 0. The number of rotatable bonds is 13. The van der Waals surface area contributed by atoms with Gasteiger partial charge in [-0.1, -0.05) is 0 Å². The first-order valence-corrected chi connectivity index (χ1v) is 7.33. The van der Waals surface area contributed by atoms with E-state index in [9.17, 15) is 4.79 Å². The van der Waals surface area contributed by atoms with Crippen LogP contribution in [0.1, 0.15) is 12.8 Å². The average molecular weight is 293 g/mol. The number of hydrogen-bond acceptors (Lipinski definition) is 6. The molecule has 0 aromatic rings. The highest BCUT2D eigenvalue weighted by atomic mass is 32.1. The summed E-state index contributed by atoms with van der Waals surface area (Å²) >= 11 is 4.01. The van der Waals surface area contributed by atoms with Gasteiger partial charge in [0.05, 0.1) is 19.0 Å². The number of carbonyl (C=O) groups excluding carboxylic acids is 1. The topological polar surface area (TPSA) is 90.8 Å². The van der Waals surface area contributed by atoms with Crippen molar-refractivity contribution < 1.29 is 14.3 Å². The number of thiol groups is 1. The van der Waals surface area contributed by atoms with Crippen molar-refractivity contribution in [1.29, 1.82) is 0 Å². The van der Waals surface area contributed by atoms with Gasteiger partial charge in [0.2, 0.25) is 5.91 Å². The summed E-state index contributed by atoms with van der Waals surface area (Å²) in [6.45, 7) is 4.65. The van der Waals surface area contributed by atoms with Crippen LogP contribution in [0.2, 0.25) is 0 Å². The molecule has 7 heteroatoms. The molecule has 0 fully saturated rings. The lowest BCUT2D eigenvalue weighted by atomic mass is 10.4. The predicted octanol–water partition coefficient (Wildman–Crippen LogP) is -0.524. The number of nitrogens with two attached hydrogens (primary N) is 2. The number of nitrogens with zero attached hydrogens (tertiary/aromatic N) is 1. The molecular formula is C12H27N3O3S. The van der Waals surface area contributed by atoms with E-state index in [1.54, 1.807) is 4.90 Å². The van der Waals surface area contributed by atoms with Crippen LogP contribution in [0.15, 0.2) is 0 Å². The molecule has 0 saturated carbocycles. The van der Waals surface area contributed by atoms with Crippen LogP contribution in [0.5, 0.6) is 0 Å². The van der Waals surface area contributed by atoms with Crippen molar-refractivity contribution >= 4 is 18.5 Å². The Morgan fingerprint density at radius 1 is 0.947 bits per heavy atom. The molecule has 0 radical (unpaired) electrons. The highest BCUT2D eigenvalue weighted by Gasteiger charge is 2.11. The second-order valence-corrected chi connectivity index (χ2v) is 4.36. The highest BCUT2D eigenvalue weighted by molar-refractivity contribution is 7.81. The zero-order valence-electron chi connectivity index (χ0n) is 11.6. The second-order valence-electron chi connectivity index (χ2n) is 4.05. The monoisotopic (exact) mass is 293 g/mol. The fourth-order valence-corrected chi connectivity index (χ4v) is 1.59. The molecule has 0 saturated heterocycles. The first-order chi connectivity index (χ1) is 9.26. The van der Waals surface area contributed by atoms with Crippen LogP contribution >= 0.6 is 12.6 Å². The van der Waals surface area contributed by atoms with Crippen LogP contribution in [0.25, 0.3) is 0 Å². The first kappa shape index (κ1) is 18.7. The summed E-state index contributed by atoms with van der Waals surface area (Å²) in [6.07, 6.45) is 1.67. The molecule has 0 aromatic carbocycles. The molecule has 0 aromatic heterocycles. The Balaban J connectivity index is 3.73. The number of hydrogen-bond donors (Lipinski definition) is 3. The number of amides is 1. The van der Waals surface area contributed by atoms with Crippen LogP contribution in [0.4, 0.5) is 0 Å². The van der Waals surface area contributed by atoms with E-state index >= 15 is 0 Å². The molecule has 0 atom stereocenters. The number of carbonyl (C=O) groups is 1. The van der Waals surface area contributed by atoms with Gasteiger partial charge in [-0.2, -0.15) is 12.6 Å². The zero-order chi connectivity index (χ0) is 14.3. The Morgan fingerprint density at radius 2 is 1.42 bits per heavy atom. The van der Waals surface area contributed by atoms with E-state index in [-0.39, 0.29) is 11.7 Å². The maximum atomic E-state index is 11.7. The zero-order valence-corrected chi connectivity index (χ0v) is 12.4. The van der Waals surface area contributed by atoms with Crippen molar-refractivity contribution in [3.05, 3.63) is 0 Å². The fourth-order valence-electron chi connectivity index (χ4n) is 1.39. The smallest absolute Gasteiger partial charge is 0.232 e. The molecule has 19 heavy (non-hydrogen) atoms. The van der Waals surface area contributed by atoms with E-state index in [1.807, 2.05) is 0 Å². The summed E-state index contributed by atoms with van der Waals surface area (Å²) in [4.78, 5) is 13.4. The van der Waals surface area contributed by atoms with Crippen LogP contribution in [-0.2, 0) is 14.3 Å². The van der Waals surface area contributed by atoms with E-state index in [1.165, 1.54) is 0 Å². The molecule has 6 nitrogen and oxygen atoms in total. The fraction of sp³-hybridized carbons (Fsp3) is 0.917. The van der Waals surface area contributed by atoms with Crippen molar-refractivity contribution in [3.63, 3.8) is 0 Å². The van der Waals surface area contributed by atoms with Gasteiger partial charge in [-0.3, -0.25) is 4.79 Å². The summed E-state index contributed by atoms with van der Waals surface area (Å²) < 4.78 is 10.8. The standard InChI is InChI=1S/C12H27N3O3S/c13-3-1-7-17-9-5-15(12(16)11-19)6-10-18-8-2-4-14/h19H,1-11,13-14H2. The van der Waals surface area contributed by atoms with Crippen LogP contribution in [-0.4, -0.2) is 69.2 Å². The molecule has 0 aliphatic heterocycles. The normalized spacial score (nSPS) is 10.7. The molecule has 0 aliphatic carbocycles. The van der Waals surface area contributed by atoms with Crippen molar-refractivity contribution in [2.45, 2.75) is 12.8 Å². The molecule has 0 heterocycles. The lowest BCUT2D eigenvalue weighted by molar-refractivity contribution is -0.129. The molecule has 4 N–H and O–H groups in total. The predicted molar refractivity (Wildman–Crippen MR) is 79.4 cm³/mol. The van der Waals surface area contributed by atoms with E-state index in [2.05, 4.69) is 12.6 Å². The van der Waals surface area contributed by atoms with Crippen LogP contribution < -0.4 is 11.5 Å². The third kappa shape index (κ3) is 11.2. The van der Waals surface area contributed by atoms with Gasteiger partial charge in [-0.05, 0) is 25.9 Å². The van der Waals surface area contributed by atoms with Gasteiger partial charge in [0.25, 0.3) is 0 Å². The maximum Gasteiger partial charge on any atom is 0.232 e. The Kier molecular flexibility index (Phi) is 13.8. The molecule has 0 bridgehead atoms. The highest BCUT2D eigenvalue weighted by Crippen LogP contribution is 1.94. The van der Waals surface area contributed by atoms with Crippen molar-refractivity contribution in [3.8, 4) is 0 Å². The van der Waals surface area contributed by atoms with Gasteiger partial charge < -0.3 is 25.8 Å². The Morgan fingerprint density at radius 3 is 1.79 bits per heavy atom. The van der Waals surface area contributed by atoms with E-state index < -0.39 is 0 Å². The summed E-state index contributed by atoms with van der Waals surface area (Å²) in [5, 5.41) is 0. The molecule has 0 rings (SSSR count). The molecule has 0 unspecified atom stereocenters. The van der Waals surface area contributed by atoms with Gasteiger partial charge in [0.1, 0.15) is 0 Å².